The van der Waals surface area contributed by atoms with E-state index in [0.29, 0.717) is 36.0 Å². The smallest absolute Gasteiger partial charge is 0.292 e. The zero-order valence-electron chi connectivity index (χ0n) is 15.1. The van der Waals surface area contributed by atoms with Gasteiger partial charge in [-0.25, -0.2) is 8.42 Å². The lowest BCUT2D eigenvalue weighted by molar-refractivity contribution is -0.911. The largest absolute Gasteiger partial charge is 0.409 e. The fraction of sp³-hybridized carbons (Fsp3) is 0.529. The minimum absolute atomic E-state index is 0.236. The summed E-state index contributed by atoms with van der Waals surface area (Å²) in [6.07, 6.45) is 2.44. The van der Waals surface area contributed by atoms with Crippen molar-refractivity contribution in [2.24, 2.45) is 0 Å². The Kier molecular flexibility index (Phi) is 5.91. The van der Waals surface area contributed by atoms with Crippen LogP contribution in [-0.4, -0.2) is 48.7 Å². The Labute approximate surface area is 159 Å². The van der Waals surface area contributed by atoms with Gasteiger partial charge in [0, 0.05) is 31.5 Å². The maximum absolute atomic E-state index is 12.7. The van der Waals surface area contributed by atoms with E-state index in [9.17, 15) is 8.42 Å². The Hall–Kier alpha value is -1.55. The number of rotatable bonds is 7. The quantitative estimate of drug-likeness (QED) is 0.718. The van der Waals surface area contributed by atoms with Crippen LogP contribution in [0.15, 0.2) is 33.6 Å². The summed E-state index contributed by atoms with van der Waals surface area (Å²) in [6, 6.07) is 6.68. The highest BCUT2D eigenvalue weighted by Crippen LogP contribution is 2.23. The van der Waals surface area contributed by atoms with E-state index < -0.39 is 10.0 Å². The lowest BCUT2D eigenvalue weighted by Gasteiger charge is -2.18. The van der Waals surface area contributed by atoms with Gasteiger partial charge < -0.3 is 9.32 Å². The van der Waals surface area contributed by atoms with Gasteiger partial charge in [-0.2, -0.15) is 8.99 Å². The van der Waals surface area contributed by atoms with Crippen LogP contribution in [-0.2, 0) is 16.7 Å². The van der Waals surface area contributed by atoms with Crippen LogP contribution in [0.4, 0.5) is 0 Å². The van der Waals surface area contributed by atoms with E-state index in [2.05, 4.69) is 5.10 Å². The molecule has 1 fully saturated rings. The molecule has 7 nitrogen and oxygen atoms in total. The van der Waals surface area contributed by atoms with Crippen molar-refractivity contribution in [2.45, 2.75) is 38.3 Å². The van der Waals surface area contributed by atoms with Crippen molar-refractivity contribution in [3.63, 3.8) is 0 Å². The van der Waals surface area contributed by atoms with E-state index in [1.165, 1.54) is 22.0 Å². The first-order valence-electron chi connectivity index (χ1n) is 8.97. The number of quaternary nitrogens is 1. The number of hydrogen-bond donors (Lipinski definition) is 1. The van der Waals surface area contributed by atoms with Crippen molar-refractivity contribution in [1.29, 1.82) is 0 Å². The molecule has 1 aliphatic heterocycles. The fourth-order valence-corrected chi connectivity index (χ4v) is 4.96. The molecule has 1 aliphatic rings. The van der Waals surface area contributed by atoms with Gasteiger partial charge >= 0.3 is 0 Å². The summed E-state index contributed by atoms with van der Waals surface area (Å²) in [4.78, 5) is 1.98. The summed E-state index contributed by atoms with van der Waals surface area (Å²) in [5.41, 5.74) is 0.611. The molecule has 0 spiro atoms. The molecule has 0 radical (unpaired) electrons. The number of aromatic nitrogens is 2. The third kappa shape index (κ3) is 3.90. The van der Waals surface area contributed by atoms with Gasteiger partial charge in [-0.15, -0.1) is 5.10 Å². The second-order valence-electron chi connectivity index (χ2n) is 6.41. The van der Waals surface area contributed by atoms with Crippen molar-refractivity contribution in [3.05, 3.63) is 29.1 Å². The number of nitrogens with one attached hydrogen (secondary N) is 1. The normalized spacial score (nSPS) is 15.8. The average molecular weight is 398 g/mol. The average Bonchev–Trinajstić information content (AvgIpc) is 3.27. The zero-order chi connectivity index (χ0) is 18.7. The van der Waals surface area contributed by atoms with Gasteiger partial charge in [0.25, 0.3) is 4.84 Å². The predicted molar refractivity (Wildman–Crippen MR) is 101 cm³/mol. The lowest BCUT2D eigenvalue weighted by atomic mass is 10.2. The molecular weight excluding hydrogens is 372 g/mol. The molecule has 1 saturated heterocycles. The van der Waals surface area contributed by atoms with Crippen LogP contribution >= 0.6 is 12.2 Å². The highest BCUT2D eigenvalue weighted by molar-refractivity contribution is 7.89. The second kappa shape index (κ2) is 7.99. The Morgan fingerprint density at radius 3 is 2.62 bits per heavy atom. The Morgan fingerprint density at radius 2 is 1.96 bits per heavy atom. The second-order valence-corrected chi connectivity index (χ2v) is 8.69. The molecule has 1 N–H and O–H groups in total. The molecule has 2 heterocycles. The standard InChI is InChI=1S/C17H24N4O3S2/c1-3-20(4-2)26(22,23)15-9-7-8-14(12-15)16-18-21(17(25)24-16)13-19-10-5-6-11-19/h7-9,12H,3-6,10-11,13H2,1-2H3/p+1. The van der Waals surface area contributed by atoms with Crippen LogP contribution in [0.3, 0.4) is 0 Å². The first-order valence-corrected chi connectivity index (χ1v) is 10.8. The molecule has 142 valence electrons. The van der Waals surface area contributed by atoms with Gasteiger partial charge in [0.15, 0.2) is 6.67 Å². The number of nitrogens with zero attached hydrogens (tertiary/aromatic N) is 3. The minimum Gasteiger partial charge on any atom is -0.409 e. The molecule has 9 heteroatoms. The van der Waals surface area contributed by atoms with Crippen LogP contribution in [0, 0.1) is 4.84 Å². The van der Waals surface area contributed by atoms with Crippen molar-refractivity contribution >= 4 is 22.2 Å². The van der Waals surface area contributed by atoms with Crippen molar-refractivity contribution in [1.82, 2.24) is 14.1 Å². The fourth-order valence-electron chi connectivity index (χ4n) is 3.27. The van der Waals surface area contributed by atoms with E-state index in [1.54, 1.807) is 28.9 Å². The van der Waals surface area contributed by atoms with Crippen LogP contribution < -0.4 is 4.90 Å². The summed E-state index contributed by atoms with van der Waals surface area (Å²) in [6.45, 7) is 7.41. The minimum atomic E-state index is -3.53. The van der Waals surface area contributed by atoms with E-state index in [1.807, 2.05) is 13.8 Å². The van der Waals surface area contributed by atoms with E-state index in [0.717, 1.165) is 13.1 Å². The molecule has 0 atom stereocenters. The Bertz CT molecular complexity index is 910. The third-order valence-electron chi connectivity index (χ3n) is 4.71. The predicted octanol–water partition coefficient (Wildman–Crippen LogP) is 1.54. The van der Waals surface area contributed by atoms with Gasteiger partial charge in [0.1, 0.15) is 0 Å². The molecule has 26 heavy (non-hydrogen) atoms. The highest BCUT2D eigenvalue weighted by Gasteiger charge is 2.23. The number of benzene rings is 1. The number of sulfonamides is 1. The molecule has 3 rings (SSSR count). The molecule has 2 aromatic rings. The van der Waals surface area contributed by atoms with E-state index >= 15 is 0 Å². The molecule has 0 amide bonds. The Balaban J connectivity index is 1.90. The summed E-state index contributed by atoms with van der Waals surface area (Å²) >= 11 is 5.29. The highest BCUT2D eigenvalue weighted by atomic mass is 32.2. The van der Waals surface area contributed by atoms with E-state index in [-0.39, 0.29) is 4.90 Å². The molecular formula is C17H25N4O3S2+. The monoisotopic (exact) mass is 397 g/mol. The third-order valence-corrected chi connectivity index (χ3v) is 7.05. The van der Waals surface area contributed by atoms with E-state index in [4.69, 9.17) is 16.6 Å². The Morgan fingerprint density at radius 1 is 1.27 bits per heavy atom. The van der Waals surface area contributed by atoms with Gasteiger partial charge in [-0.1, -0.05) is 19.9 Å². The van der Waals surface area contributed by atoms with Gasteiger partial charge in [-0.3, -0.25) is 0 Å². The topological polar surface area (TPSA) is 72.8 Å². The summed E-state index contributed by atoms with van der Waals surface area (Å²) < 4.78 is 34.2. The summed E-state index contributed by atoms with van der Waals surface area (Å²) in [5, 5.41) is 4.47. The van der Waals surface area contributed by atoms with Crippen LogP contribution in [0.25, 0.3) is 11.5 Å². The van der Waals surface area contributed by atoms with Crippen molar-refractivity contribution in [2.75, 3.05) is 26.2 Å². The first kappa shape index (κ1) is 19.2. The van der Waals surface area contributed by atoms with Gasteiger partial charge in [0.05, 0.1) is 18.0 Å². The number of likely N-dealkylation sites (tertiary alicyclic amines) is 1. The molecule has 1 aromatic carbocycles. The summed E-state index contributed by atoms with van der Waals surface area (Å²) in [7, 11) is -3.53. The molecule has 0 aliphatic carbocycles. The van der Waals surface area contributed by atoms with Gasteiger partial charge in [0.2, 0.25) is 15.9 Å². The van der Waals surface area contributed by atoms with Crippen LogP contribution in [0.5, 0.6) is 0 Å². The maximum Gasteiger partial charge on any atom is 0.292 e. The SMILES string of the molecule is CCN(CC)S(=O)(=O)c1cccc(-c2nn(C[NH+]3CCCC3)c(=S)o2)c1. The molecule has 0 bridgehead atoms. The van der Waals surface area contributed by atoms with Gasteiger partial charge in [-0.05, 0) is 30.4 Å². The molecule has 1 aromatic heterocycles. The molecule has 0 saturated carbocycles. The van der Waals surface area contributed by atoms with Crippen molar-refractivity contribution in [3.8, 4) is 11.5 Å². The first-order chi connectivity index (χ1) is 12.5. The summed E-state index contributed by atoms with van der Waals surface area (Å²) in [5.74, 6) is 0.352. The maximum atomic E-state index is 12.7. The van der Waals surface area contributed by atoms with Crippen molar-refractivity contribution < 1.29 is 17.7 Å². The van der Waals surface area contributed by atoms with Crippen LogP contribution in [0.1, 0.15) is 26.7 Å². The zero-order valence-corrected chi connectivity index (χ0v) is 16.8. The molecule has 0 unspecified atom stereocenters. The van der Waals surface area contributed by atoms with Crippen LogP contribution in [0.2, 0.25) is 0 Å². The lowest BCUT2D eigenvalue weighted by Crippen LogP contribution is -3.09. The number of hydrogen-bond acceptors (Lipinski definition) is 5.